The van der Waals surface area contributed by atoms with Crippen molar-refractivity contribution in [3.8, 4) is 28.6 Å². The third kappa shape index (κ3) is 7.56. The number of halogens is 3. The van der Waals surface area contributed by atoms with E-state index >= 15 is 0 Å². The third-order valence-corrected chi connectivity index (χ3v) is 8.29. The molecule has 2 fully saturated rings. The van der Waals surface area contributed by atoms with Crippen molar-refractivity contribution in [1.29, 1.82) is 0 Å². The fraction of sp³-hybridized carbons (Fsp3) is 0.484. The smallest absolute Gasteiger partial charge is 0.405 e. The van der Waals surface area contributed by atoms with Gasteiger partial charge in [0, 0.05) is 50.4 Å². The van der Waals surface area contributed by atoms with Gasteiger partial charge in [0.25, 0.3) is 5.91 Å². The topological polar surface area (TPSA) is 136 Å². The molecule has 0 unspecified atom stereocenters. The molecule has 2 aromatic carbocycles. The number of aromatic hydroxyl groups is 2. The van der Waals surface area contributed by atoms with Gasteiger partial charge in [-0.05, 0) is 61.2 Å². The summed E-state index contributed by atoms with van der Waals surface area (Å²) < 4.78 is 39.9. The second-order valence-corrected chi connectivity index (χ2v) is 11.9. The monoisotopic (exact) mass is 629 g/mol. The van der Waals surface area contributed by atoms with Gasteiger partial charge in [0.2, 0.25) is 11.7 Å². The van der Waals surface area contributed by atoms with E-state index in [0.717, 1.165) is 63.7 Å². The summed E-state index contributed by atoms with van der Waals surface area (Å²) in [4.78, 5) is 30.0. The predicted octanol–water partition coefficient (Wildman–Crippen LogP) is 3.40. The molecule has 2 aliphatic rings. The lowest BCUT2D eigenvalue weighted by molar-refractivity contribution is -0.137. The molecule has 3 heterocycles. The van der Waals surface area contributed by atoms with E-state index in [0.29, 0.717) is 17.8 Å². The summed E-state index contributed by atoms with van der Waals surface area (Å²) in [7, 11) is 0. The Hall–Kier alpha value is -4.17. The molecule has 0 radical (unpaired) electrons. The van der Waals surface area contributed by atoms with Gasteiger partial charge in [0.1, 0.15) is 18.0 Å². The lowest BCUT2D eigenvalue weighted by atomic mass is 9.94. The summed E-state index contributed by atoms with van der Waals surface area (Å²) >= 11 is 0. The Kier molecular flexibility index (Phi) is 9.63. The number of carbonyl (C=O) groups excluding carboxylic acids is 2. The maximum absolute atomic E-state index is 12.9. The van der Waals surface area contributed by atoms with E-state index in [1.807, 2.05) is 36.2 Å². The van der Waals surface area contributed by atoms with Crippen LogP contribution < -0.4 is 10.6 Å². The molecule has 242 valence electrons. The van der Waals surface area contributed by atoms with Gasteiger partial charge in [0.15, 0.2) is 5.82 Å². The number of piperazine rings is 1. The van der Waals surface area contributed by atoms with E-state index < -0.39 is 24.5 Å². The first kappa shape index (κ1) is 32.2. The van der Waals surface area contributed by atoms with Crippen LogP contribution in [0.25, 0.3) is 17.1 Å². The Balaban J connectivity index is 1.36. The van der Waals surface area contributed by atoms with Crippen LogP contribution in [0.1, 0.15) is 54.4 Å². The summed E-state index contributed by atoms with van der Waals surface area (Å²) in [6.45, 7) is 7.49. The van der Waals surface area contributed by atoms with Crippen molar-refractivity contribution in [2.45, 2.75) is 45.3 Å². The number of aromatic nitrogens is 3. The molecule has 0 bridgehead atoms. The van der Waals surface area contributed by atoms with E-state index in [-0.39, 0.29) is 40.6 Å². The fourth-order valence-electron chi connectivity index (χ4n) is 5.84. The van der Waals surface area contributed by atoms with Gasteiger partial charge in [0.05, 0.1) is 5.56 Å². The lowest BCUT2D eigenvalue weighted by Gasteiger charge is -2.35. The lowest BCUT2D eigenvalue weighted by Crippen LogP contribution is -2.50. The van der Waals surface area contributed by atoms with E-state index in [9.17, 15) is 33.0 Å². The molecule has 0 atom stereocenters. The zero-order valence-corrected chi connectivity index (χ0v) is 25.3. The van der Waals surface area contributed by atoms with Gasteiger partial charge in [-0.1, -0.05) is 26.0 Å². The van der Waals surface area contributed by atoms with Crippen molar-refractivity contribution in [2.24, 2.45) is 5.92 Å². The number of likely N-dealkylation sites (tertiary alicyclic amines) is 1. The molecule has 1 aromatic heterocycles. The molecule has 45 heavy (non-hydrogen) atoms. The minimum atomic E-state index is -4.63. The summed E-state index contributed by atoms with van der Waals surface area (Å²) in [5, 5.41) is 34.1. The van der Waals surface area contributed by atoms with Crippen LogP contribution in [-0.4, -0.2) is 98.6 Å². The summed E-state index contributed by atoms with van der Waals surface area (Å²) in [5.41, 5.74) is 2.03. The summed E-state index contributed by atoms with van der Waals surface area (Å²) in [5.74, 6) is -1.77. The fourth-order valence-corrected chi connectivity index (χ4v) is 5.84. The number of piperidine rings is 1. The SMILES string of the molecule is CC(C)c1cc(-c2nnc(C(=O)NCC(F)(F)F)n2-c2ccc(CN3CCC(C(=O)N4CCNCC4)CC3)cc2)c(O)cc1O. The van der Waals surface area contributed by atoms with Crippen LogP contribution in [0.4, 0.5) is 13.2 Å². The highest BCUT2D eigenvalue weighted by Gasteiger charge is 2.31. The van der Waals surface area contributed by atoms with Crippen LogP contribution in [-0.2, 0) is 11.3 Å². The van der Waals surface area contributed by atoms with Gasteiger partial charge in [-0.2, -0.15) is 13.2 Å². The van der Waals surface area contributed by atoms with Crippen LogP contribution >= 0.6 is 0 Å². The number of phenolic OH excluding ortho intramolecular Hbond substituents is 2. The van der Waals surface area contributed by atoms with E-state index in [2.05, 4.69) is 20.4 Å². The Morgan fingerprint density at radius 2 is 1.67 bits per heavy atom. The first-order chi connectivity index (χ1) is 21.4. The number of hydrogen-bond donors (Lipinski definition) is 4. The van der Waals surface area contributed by atoms with Gasteiger partial charge in [-0.15, -0.1) is 10.2 Å². The molecule has 5 rings (SSSR count). The maximum atomic E-state index is 12.9. The second kappa shape index (κ2) is 13.4. The Bertz CT molecular complexity index is 1510. The second-order valence-electron chi connectivity index (χ2n) is 11.9. The van der Waals surface area contributed by atoms with Gasteiger partial charge in [-0.3, -0.25) is 19.1 Å². The first-order valence-electron chi connectivity index (χ1n) is 15.1. The van der Waals surface area contributed by atoms with Crippen LogP contribution in [0.5, 0.6) is 11.5 Å². The average Bonchev–Trinajstić information content (AvgIpc) is 3.45. The molecule has 11 nitrogen and oxygen atoms in total. The molecule has 0 aliphatic carbocycles. The number of phenols is 2. The van der Waals surface area contributed by atoms with Gasteiger partial charge < -0.3 is 25.7 Å². The molecular weight excluding hydrogens is 591 g/mol. The highest BCUT2D eigenvalue weighted by molar-refractivity contribution is 5.92. The third-order valence-electron chi connectivity index (χ3n) is 8.29. The average molecular weight is 630 g/mol. The summed E-state index contributed by atoms with van der Waals surface area (Å²) in [6.07, 6.45) is -3.05. The largest absolute Gasteiger partial charge is 0.508 e. The van der Waals surface area contributed by atoms with Crippen LogP contribution in [0.15, 0.2) is 36.4 Å². The number of carbonyl (C=O) groups is 2. The van der Waals surface area contributed by atoms with Crippen molar-refractivity contribution in [1.82, 2.24) is 35.2 Å². The van der Waals surface area contributed by atoms with E-state index in [1.54, 1.807) is 12.1 Å². The molecular formula is C31H38F3N7O4. The number of alkyl halides is 3. The molecule has 0 saturated carbocycles. The highest BCUT2D eigenvalue weighted by Crippen LogP contribution is 2.38. The quantitative estimate of drug-likeness (QED) is 0.298. The highest BCUT2D eigenvalue weighted by atomic mass is 19.4. The number of benzene rings is 2. The van der Waals surface area contributed by atoms with Crippen molar-refractivity contribution < 1.29 is 33.0 Å². The predicted molar refractivity (Wildman–Crippen MR) is 160 cm³/mol. The molecule has 3 aromatic rings. The van der Waals surface area contributed by atoms with Crippen LogP contribution in [0.2, 0.25) is 0 Å². The number of rotatable bonds is 8. The number of hydrogen-bond acceptors (Lipinski definition) is 8. The zero-order valence-electron chi connectivity index (χ0n) is 25.3. The molecule has 2 aliphatic heterocycles. The number of nitrogens with zero attached hydrogens (tertiary/aromatic N) is 5. The van der Waals surface area contributed by atoms with Crippen molar-refractivity contribution >= 4 is 11.8 Å². The van der Waals surface area contributed by atoms with Crippen molar-refractivity contribution in [3.05, 3.63) is 53.3 Å². The van der Waals surface area contributed by atoms with Gasteiger partial charge >= 0.3 is 6.18 Å². The van der Waals surface area contributed by atoms with Gasteiger partial charge in [-0.25, -0.2) is 0 Å². The van der Waals surface area contributed by atoms with Crippen molar-refractivity contribution in [3.63, 3.8) is 0 Å². The molecule has 14 heteroatoms. The standard InChI is InChI=1S/C31H38F3N7O4/c1-19(2)23-15-24(26(43)16-25(23)42)27-37-38-28(29(44)36-18-31(32,33)34)41(27)22-5-3-20(4-6-22)17-39-11-7-21(8-12-39)30(45)40-13-9-35-10-14-40/h3-6,15-16,19,21,35,42-43H,7-14,17-18H2,1-2H3,(H,36,44). The minimum Gasteiger partial charge on any atom is -0.508 e. The zero-order chi connectivity index (χ0) is 32.3. The molecule has 0 spiro atoms. The normalized spacial score (nSPS) is 16.7. The number of nitrogens with one attached hydrogen (secondary N) is 2. The van der Waals surface area contributed by atoms with Crippen LogP contribution in [0.3, 0.4) is 0 Å². The number of amides is 2. The van der Waals surface area contributed by atoms with Crippen molar-refractivity contribution in [2.75, 3.05) is 45.8 Å². The first-order valence-corrected chi connectivity index (χ1v) is 15.1. The Morgan fingerprint density at radius 3 is 2.29 bits per heavy atom. The Morgan fingerprint density at radius 1 is 1.00 bits per heavy atom. The maximum Gasteiger partial charge on any atom is 0.405 e. The summed E-state index contributed by atoms with van der Waals surface area (Å²) in [6, 6.07) is 9.82. The molecule has 2 amide bonds. The van der Waals surface area contributed by atoms with E-state index in [4.69, 9.17) is 0 Å². The minimum absolute atomic E-state index is 0.0236. The van der Waals surface area contributed by atoms with Crippen LogP contribution in [0, 0.1) is 5.92 Å². The van der Waals surface area contributed by atoms with E-state index in [1.165, 1.54) is 10.6 Å². The Labute approximate surface area is 259 Å². The molecule has 4 N–H and O–H groups in total. The molecule has 2 saturated heterocycles.